The smallest absolute Gasteiger partial charge is 0.294 e. The summed E-state index contributed by atoms with van der Waals surface area (Å²) in [5.74, 6) is 0.214. The molecule has 0 saturated carbocycles. The molecule has 0 atom stereocenters. The normalized spacial score (nSPS) is 10.2. The van der Waals surface area contributed by atoms with Gasteiger partial charge in [-0.15, -0.1) is 0 Å². The summed E-state index contributed by atoms with van der Waals surface area (Å²) in [4.78, 5) is -0.0741. The van der Waals surface area contributed by atoms with Gasteiger partial charge in [-0.3, -0.25) is 9.96 Å². The molecule has 2 rings (SSSR count). The van der Waals surface area contributed by atoms with Gasteiger partial charge in [0.2, 0.25) is 0 Å². The molecule has 106 valence electrons. The quantitative estimate of drug-likeness (QED) is 0.457. The van der Waals surface area contributed by atoms with Crippen LogP contribution in [-0.4, -0.2) is 18.8 Å². The van der Waals surface area contributed by atoms with Crippen molar-refractivity contribution in [2.45, 2.75) is 11.3 Å². The van der Waals surface area contributed by atoms with E-state index >= 15 is 0 Å². The maximum absolute atomic E-state index is 10.4. The molecule has 0 radical (unpaired) electrons. The van der Waals surface area contributed by atoms with E-state index in [1.54, 1.807) is 18.2 Å². The Morgan fingerprint density at radius 1 is 1.00 bits per heavy atom. The number of hydrogen-bond acceptors (Lipinski definition) is 3. The zero-order valence-corrected chi connectivity index (χ0v) is 11.5. The summed E-state index contributed by atoms with van der Waals surface area (Å²) in [6.07, 6.45) is 0.556. The third-order valence-corrected chi connectivity index (χ3v) is 3.15. The molecular formula is C14H16N2O3S. The van der Waals surface area contributed by atoms with Crippen molar-refractivity contribution < 1.29 is 13.0 Å². The molecule has 0 aromatic heterocycles. The molecule has 0 saturated heterocycles. The standard InChI is InChI=1S/C8H10N2.C6H6O3S/c9-8(10)6-7-4-2-1-3-5-7;7-10(8,9)6-4-2-1-3-5-6/h1-5H,6H2,(H3,9,10);1-5H,(H,7,8,9). The van der Waals surface area contributed by atoms with E-state index in [2.05, 4.69) is 0 Å². The van der Waals surface area contributed by atoms with Crippen LogP contribution in [0.25, 0.3) is 0 Å². The number of nitrogens with two attached hydrogens (primary N) is 1. The Balaban J connectivity index is 0.000000200. The molecule has 0 fully saturated rings. The van der Waals surface area contributed by atoms with Crippen molar-refractivity contribution in [3.8, 4) is 0 Å². The van der Waals surface area contributed by atoms with Crippen molar-refractivity contribution in [3.63, 3.8) is 0 Å². The Bertz CT molecular complexity index is 641. The molecule has 20 heavy (non-hydrogen) atoms. The van der Waals surface area contributed by atoms with Gasteiger partial charge in [-0.25, -0.2) is 0 Å². The lowest BCUT2D eigenvalue weighted by Gasteiger charge is -1.96. The van der Waals surface area contributed by atoms with E-state index in [1.807, 2.05) is 30.3 Å². The van der Waals surface area contributed by atoms with E-state index in [1.165, 1.54) is 12.1 Å². The molecule has 0 aliphatic carbocycles. The molecule has 0 amide bonds. The first kappa shape index (κ1) is 15.9. The Hall–Kier alpha value is -2.18. The molecule has 0 aliphatic heterocycles. The van der Waals surface area contributed by atoms with Gasteiger partial charge in [0.15, 0.2) is 0 Å². The third-order valence-electron chi connectivity index (χ3n) is 2.28. The van der Waals surface area contributed by atoms with Crippen LogP contribution in [0.4, 0.5) is 0 Å². The monoisotopic (exact) mass is 292 g/mol. The Morgan fingerprint density at radius 3 is 1.80 bits per heavy atom. The first-order chi connectivity index (χ1) is 9.39. The van der Waals surface area contributed by atoms with Crippen molar-refractivity contribution in [2.75, 3.05) is 0 Å². The predicted molar refractivity (Wildman–Crippen MR) is 78.3 cm³/mol. The maximum atomic E-state index is 10.4. The highest BCUT2D eigenvalue weighted by molar-refractivity contribution is 7.85. The fraction of sp³-hybridized carbons (Fsp3) is 0.0714. The van der Waals surface area contributed by atoms with E-state index in [0.717, 1.165) is 5.56 Å². The van der Waals surface area contributed by atoms with E-state index < -0.39 is 10.1 Å². The van der Waals surface area contributed by atoms with Gasteiger partial charge in [-0.1, -0.05) is 48.5 Å². The van der Waals surface area contributed by atoms with Crippen LogP contribution in [0.15, 0.2) is 65.6 Å². The van der Waals surface area contributed by atoms with Crippen LogP contribution in [0.3, 0.4) is 0 Å². The number of rotatable bonds is 3. The third kappa shape index (κ3) is 6.12. The molecule has 5 nitrogen and oxygen atoms in total. The Labute approximate surface area is 118 Å². The first-order valence-electron chi connectivity index (χ1n) is 5.79. The van der Waals surface area contributed by atoms with Crippen LogP contribution in [0.5, 0.6) is 0 Å². The number of benzene rings is 2. The topological polar surface area (TPSA) is 104 Å². The summed E-state index contributed by atoms with van der Waals surface area (Å²) in [5.41, 5.74) is 6.30. The van der Waals surface area contributed by atoms with Crippen LogP contribution >= 0.6 is 0 Å². The van der Waals surface area contributed by atoms with Crippen LogP contribution in [0.2, 0.25) is 0 Å². The summed E-state index contributed by atoms with van der Waals surface area (Å²) >= 11 is 0. The van der Waals surface area contributed by atoms with Crippen LogP contribution < -0.4 is 5.73 Å². The van der Waals surface area contributed by atoms with Gasteiger partial charge in [0.25, 0.3) is 10.1 Å². The zero-order chi connectivity index (χ0) is 15.0. The molecule has 0 bridgehead atoms. The van der Waals surface area contributed by atoms with Crippen molar-refractivity contribution in [2.24, 2.45) is 5.73 Å². The van der Waals surface area contributed by atoms with Gasteiger partial charge in [-0.05, 0) is 17.7 Å². The van der Waals surface area contributed by atoms with E-state index in [0.29, 0.717) is 6.42 Å². The molecule has 6 heteroatoms. The highest BCUT2D eigenvalue weighted by atomic mass is 32.2. The molecule has 0 spiro atoms. The molecule has 0 heterocycles. The highest BCUT2D eigenvalue weighted by Gasteiger charge is 2.05. The van der Waals surface area contributed by atoms with Gasteiger partial charge in [0, 0.05) is 6.42 Å². The Kier molecular flexibility index (Phi) is 5.89. The summed E-state index contributed by atoms with van der Waals surface area (Å²) in [5, 5.41) is 7.01. The minimum absolute atomic E-state index is 0.0741. The van der Waals surface area contributed by atoms with Gasteiger partial charge >= 0.3 is 0 Å². The molecular weight excluding hydrogens is 276 g/mol. The SMILES string of the molecule is N=C(N)Cc1ccccc1.O=S(=O)(O)c1ccccc1. The molecule has 4 N–H and O–H groups in total. The second-order valence-electron chi connectivity index (χ2n) is 3.98. The lowest BCUT2D eigenvalue weighted by molar-refractivity contribution is 0.483. The fourth-order valence-corrected chi connectivity index (χ4v) is 1.91. The summed E-state index contributed by atoms with van der Waals surface area (Å²) in [6, 6.07) is 17.2. The van der Waals surface area contributed by atoms with E-state index in [9.17, 15) is 8.42 Å². The predicted octanol–water partition coefficient (Wildman–Crippen LogP) is 2.10. The molecule has 2 aromatic rings. The lowest BCUT2D eigenvalue weighted by Crippen LogP contribution is -2.12. The van der Waals surface area contributed by atoms with Crippen LogP contribution in [0, 0.1) is 5.41 Å². The number of hydrogen-bond donors (Lipinski definition) is 3. The van der Waals surface area contributed by atoms with Crippen molar-refractivity contribution in [1.82, 2.24) is 0 Å². The van der Waals surface area contributed by atoms with Crippen LogP contribution in [0.1, 0.15) is 5.56 Å². The second kappa shape index (κ2) is 7.42. The lowest BCUT2D eigenvalue weighted by atomic mass is 10.1. The molecule has 2 aromatic carbocycles. The summed E-state index contributed by atoms with van der Waals surface area (Å²) in [7, 11) is -4.00. The van der Waals surface area contributed by atoms with Gasteiger partial charge < -0.3 is 5.73 Å². The van der Waals surface area contributed by atoms with E-state index in [-0.39, 0.29) is 10.7 Å². The number of nitrogens with one attached hydrogen (secondary N) is 1. The molecule has 0 aliphatic rings. The van der Waals surface area contributed by atoms with E-state index in [4.69, 9.17) is 15.7 Å². The van der Waals surface area contributed by atoms with Gasteiger partial charge in [0.1, 0.15) is 0 Å². The van der Waals surface area contributed by atoms with Crippen molar-refractivity contribution >= 4 is 16.0 Å². The average Bonchev–Trinajstić information content (AvgIpc) is 2.40. The fourth-order valence-electron chi connectivity index (χ4n) is 1.41. The van der Waals surface area contributed by atoms with Crippen molar-refractivity contribution in [3.05, 3.63) is 66.2 Å². The number of amidine groups is 1. The zero-order valence-electron chi connectivity index (χ0n) is 10.7. The first-order valence-corrected chi connectivity index (χ1v) is 7.23. The summed E-state index contributed by atoms with van der Waals surface area (Å²) < 4.78 is 29.2. The highest BCUT2D eigenvalue weighted by Crippen LogP contribution is 2.05. The van der Waals surface area contributed by atoms with Crippen molar-refractivity contribution in [1.29, 1.82) is 5.41 Å². The largest absolute Gasteiger partial charge is 0.387 e. The molecule has 0 unspecified atom stereocenters. The average molecular weight is 292 g/mol. The second-order valence-corrected chi connectivity index (χ2v) is 5.40. The maximum Gasteiger partial charge on any atom is 0.294 e. The van der Waals surface area contributed by atoms with Gasteiger partial charge in [-0.2, -0.15) is 8.42 Å². The van der Waals surface area contributed by atoms with Gasteiger partial charge in [0.05, 0.1) is 10.7 Å². The minimum Gasteiger partial charge on any atom is -0.387 e. The van der Waals surface area contributed by atoms with Crippen LogP contribution in [-0.2, 0) is 16.5 Å². The Morgan fingerprint density at radius 2 is 1.45 bits per heavy atom. The summed E-state index contributed by atoms with van der Waals surface area (Å²) in [6.45, 7) is 0. The minimum atomic E-state index is -4.00.